The van der Waals surface area contributed by atoms with Crippen LogP contribution in [0.4, 0.5) is 13.2 Å². The lowest BCUT2D eigenvalue weighted by molar-refractivity contribution is -0.149. The van der Waals surface area contributed by atoms with Gasteiger partial charge in [-0.25, -0.2) is 0 Å². The Morgan fingerprint density at radius 3 is 2.32 bits per heavy atom. The van der Waals surface area contributed by atoms with Crippen LogP contribution in [0.25, 0.3) is 0 Å². The Kier molecular flexibility index (Phi) is 5.05. The lowest BCUT2D eigenvalue weighted by Gasteiger charge is -2.19. The van der Waals surface area contributed by atoms with Gasteiger partial charge in [-0.2, -0.15) is 13.2 Å². The molecule has 0 radical (unpaired) electrons. The van der Waals surface area contributed by atoms with Gasteiger partial charge in [-0.05, 0) is 38.5 Å². The second-order valence-electron chi connectivity index (χ2n) is 4.33. The highest BCUT2D eigenvalue weighted by Crippen LogP contribution is 2.36. The lowest BCUT2D eigenvalue weighted by Crippen LogP contribution is -2.28. The predicted molar refractivity (Wildman–Crippen MR) is 66.4 cm³/mol. The van der Waals surface area contributed by atoms with Gasteiger partial charge in [0.2, 0.25) is 0 Å². The molecule has 1 rings (SSSR count). The zero-order chi connectivity index (χ0) is 14.6. The van der Waals surface area contributed by atoms with Crippen molar-refractivity contribution in [2.45, 2.75) is 39.1 Å². The molecular weight excluding hydrogens is 259 g/mol. The van der Waals surface area contributed by atoms with Crippen LogP contribution in [-0.2, 0) is 0 Å². The number of benzene rings is 1. The maximum atomic E-state index is 12.6. The Hall–Kier alpha value is -1.43. The second kappa shape index (κ2) is 6.14. The van der Waals surface area contributed by atoms with Gasteiger partial charge in [0.05, 0.1) is 12.7 Å². The van der Waals surface area contributed by atoms with Crippen molar-refractivity contribution in [3.63, 3.8) is 0 Å². The third-order valence-electron chi connectivity index (χ3n) is 2.34. The molecule has 108 valence electrons. The Morgan fingerprint density at radius 1 is 1.21 bits per heavy atom. The average Bonchev–Trinajstić information content (AvgIpc) is 2.29. The smallest absolute Gasteiger partial charge is 0.407 e. The lowest BCUT2D eigenvalue weighted by atomic mass is 10.1. The first-order valence-electron chi connectivity index (χ1n) is 6.01. The van der Waals surface area contributed by atoms with Crippen LogP contribution in [0.1, 0.15) is 32.4 Å². The van der Waals surface area contributed by atoms with E-state index in [4.69, 9.17) is 15.2 Å². The van der Waals surface area contributed by atoms with Gasteiger partial charge in [-0.15, -0.1) is 0 Å². The fourth-order valence-electron chi connectivity index (χ4n) is 1.53. The van der Waals surface area contributed by atoms with Gasteiger partial charge in [-0.3, -0.25) is 0 Å². The summed E-state index contributed by atoms with van der Waals surface area (Å²) in [5.74, 6) is 0.684. The Balaban J connectivity index is 3.08. The summed E-state index contributed by atoms with van der Waals surface area (Å²) < 4.78 is 48.5. The van der Waals surface area contributed by atoms with E-state index in [2.05, 4.69) is 0 Å². The molecule has 0 heterocycles. The van der Waals surface area contributed by atoms with E-state index in [1.165, 1.54) is 18.2 Å². The molecule has 0 amide bonds. The molecule has 0 aliphatic heterocycles. The van der Waals surface area contributed by atoms with Crippen LogP contribution in [0.3, 0.4) is 0 Å². The molecule has 0 bridgehead atoms. The molecule has 0 aliphatic carbocycles. The van der Waals surface area contributed by atoms with Gasteiger partial charge >= 0.3 is 6.18 Å². The van der Waals surface area contributed by atoms with Gasteiger partial charge in [-0.1, -0.05) is 6.07 Å². The zero-order valence-electron chi connectivity index (χ0n) is 11.1. The fourth-order valence-corrected chi connectivity index (χ4v) is 1.53. The van der Waals surface area contributed by atoms with Gasteiger partial charge in [0.15, 0.2) is 11.5 Å². The summed E-state index contributed by atoms with van der Waals surface area (Å²) in [5.41, 5.74) is 5.12. The normalized spacial score (nSPS) is 13.5. The molecule has 3 nitrogen and oxygen atoms in total. The van der Waals surface area contributed by atoms with E-state index in [0.29, 0.717) is 12.4 Å². The van der Waals surface area contributed by atoms with Crippen LogP contribution in [0.2, 0.25) is 0 Å². The van der Waals surface area contributed by atoms with Crippen molar-refractivity contribution in [2.24, 2.45) is 5.73 Å². The third-order valence-corrected chi connectivity index (χ3v) is 2.34. The largest absolute Gasteiger partial charge is 0.490 e. The molecule has 0 saturated carbocycles. The zero-order valence-corrected chi connectivity index (χ0v) is 11.1. The number of alkyl halides is 3. The van der Waals surface area contributed by atoms with Gasteiger partial charge in [0, 0.05) is 0 Å². The molecular formula is C13H18F3NO2. The Morgan fingerprint density at radius 2 is 1.84 bits per heavy atom. The number of hydrogen-bond acceptors (Lipinski definition) is 3. The van der Waals surface area contributed by atoms with Crippen molar-refractivity contribution in [1.29, 1.82) is 0 Å². The first-order chi connectivity index (χ1) is 8.75. The Bertz CT molecular complexity index is 419. The third kappa shape index (κ3) is 4.31. The summed E-state index contributed by atoms with van der Waals surface area (Å²) >= 11 is 0. The number of rotatable bonds is 5. The standard InChI is InChI=1S/C13H18F3NO2/c1-4-18-11-7-9(12(17)13(14,15)16)5-6-10(11)19-8(2)3/h5-8,12H,4,17H2,1-3H3/t12-/m0/s1. The number of halogens is 3. The van der Waals surface area contributed by atoms with Crippen molar-refractivity contribution in [3.05, 3.63) is 23.8 Å². The molecule has 0 spiro atoms. The van der Waals surface area contributed by atoms with E-state index in [9.17, 15) is 13.2 Å². The second-order valence-corrected chi connectivity index (χ2v) is 4.33. The number of ether oxygens (including phenoxy) is 2. The minimum Gasteiger partial charge on any atom is -0.490 e. The van der Waals surface area contributed by atoms with Crippen LogP contribution in [0, 0.1) is 0 Å². The summed E-state index contributed by atoms with van der Waals surface area (Å²) in [6, 6.07) is 2.00. The highest BCUT2D eigenvalue weighted by Gasteiger charge is 2.38. The number of hydrogen-bond donors (Lipinski definition) is 1. The van der Waals surface area contributed by atoms with Crippen molar-refractivity contribution in [2.75, 3.05) is 6.61 Å². The van der Waals surface area contributed by atoms with E-state index in [0.717, 1.165) is 0 Å². The molecule has 6 heteroatoms. The first kappa shape index (κ1) is 15.6. The summed E-state index contributed by atoms with van der Waals surface area (Å²) in [5, 5.41) is 0. The van der Waals surface area contributed by atoms with Crippen molar-refractivity contribution < 1.29 is 22.6 Å². The van der Waals surface area contributed by atoms with Crippen LogP contribution >= 0.6 is 0 Å². The quantitative estimate of drug-likeness (QED) is 0.896. The van der Waals surface area contributed by atoms with Crippen LogP contribution in [-0.4, -0.2) is 18.9 Å². The summed E-state index contributed by atoms with van der Waals surface area (Å²) in [6.07, 6.45) is -4.58. The first-order valence-corrected chi connectivity index (χ1v) is 6.01. The molecule has 1 aromatic rings. The van der Waals surface area contributed by atoms with E-state index in [-0.39, 0.29) is 17.4 Å². The summed E-state index contributed by atoms with van der Waals surface area (Å²) in [6.45, 7) is 5.73. The SMILES string of the molecule is CCOc1cc([C@H](N)C(F)(F)F)ccc1OC(C)C. The highest BCUT2D eigenvalue weighted by atomic mass is 19.4. The van der Waals surface area contributed by atoms with Crippen molar-refractivity contribution >= 4 is 0 Å². The van der Waals surface area contributed by atoms with E-state index < -0.39 is 12.2 Å². The average molecular weight is 277 g/mol. The molecule has 0 saturated heterocycles. The molecule has 19 heavy (non-hydrogen) atoms. The fraction of sp³-hybridized carbons (Fsp3) is 0.538. The van der Waals surface area contributed by atoms with E-state index in [1.54, 1.807) is 6.92 Å². The summed E-state index contributed by atoms with van der Waals surface area (Å²) in [7, 11) is 0. The topological polar surface area (TPSA) is 44.5 Å². The molecule has 1 aromatic carbocycles. The van der Waals surface area contributed by atoms with Gasteiger partial charge in [0.1, 0.15) is 6.04 Å². The van der Waals surface area contributed by atoms with E-state index >= 15 is 0 Å². The number of nitrogens with two attached hydrogens (primary N) is 1. The highest BCUT2D eigenvalue weighted by molar-refractivity contribution is 5.44. The van der Waals surface area contributed by atoms with Crippen LogP contribution in [0.5, 0.6) is 11.5 Å². The monoisotopic (exact) mass is 277 g/mol. The summed E-state index contributed by atoms with van der Waals surface area (Å²) in [4.78, 5) is 0. The minimum atomic E-state index is -4.48. The molecule has 0 unspecified atom stereocenters. The van der Waals surface area contributed by atoms with Crippen molar-refractivity contribution in [3.8, 4) is 11.5 Å². The van der Waals surface area contributed by atoms with Crippen LogP contribution in [0.15, 0.2) is 18.2 Å². The molecule has 0 aliphatic rings. The molecule has 0 fully saturated rings. The predicted octanol–water partition coefficient (Wildman–Crippen LogP) is 3.43. The van der Waals surface area contributed by atoms with Gasteiger partial charge in [0.25, 0.3) is 0 Å². The van der Waals surface area contributed by atoms with E-state index in [1.807, 2.05) is 13.8 Å². The van der Waals surface area contributed by atoms with Crippen LogP contribution < -0.4 is 15.2 Å². The molecule has 2 N–H and O–H groups in total. The molecule has 0 aromatic heterocycles. The van der Waals surface area contributed by atoms with Crippen molar-refractivity contribution in [1.82, 2.24) is 0 Å². The Labute approximate surface area is 110 Å². The maximum Gasteiger partial charge on any atom is 0.407 e. The minimum absolute atomic E-state index is 0.0490. The maximum absolute atomic E-state index is 12.6. The van der Waals surface area contributed by atoms with Gasteiger partial charge < -0.3 is 15.2 Å². The molecule has 1 atom stereocenters.